The molecule has 1 heterocycles. The molecule has 6 heteroatoms. The quantitative estimate of drug-likeness (QED) is 0.902. The van der Waals surface area contributed by atoms with Gasteiger partial charge in [-0.2, -0.15) is 0 Å². The van der Waals surface area contributed by atoms with Gasteiger partial charge >= 0.3 is 6.03 Å². The molecule has 0 aromatic heterocycles. The average Bonchev–Trinajstić information content (AvgIpc) is 2.63. The third-order valence-corrected chi connectivity index (χ3v) is 4.85. The second kappa shape index (κ2) is 7.74. The molecule has 2 aromatic rings. The third-order valence-electron chi connectivity index (χ3n) is 4.44. The Kier molecular flexibility index (Phi) is 5.43. The predicted molar refractivity (Wildman–Crippen MR) is 98.6 cm³/mol. The van der Waals surface area contributed by atoms with Crippen LogP contribution in [0.3, 0.4) is 0 Å². The highest BCUT2D eigenvalue weighted by molar-refractivity contribution is 6.31. The SMILES string of the molecule is Cc1ccc(N2CCN(C(=O)NCc3ccc(F)cc3)CC2)cc1Cl. The number of piperazine rings is 1. The summed E-state index contributed by atoms with van der Waals surface area (Å²) in [5.41, 5.74) is 3.02. The van der Waals surface area contributed by atoms with Crippen LogP contribution < -0.4 is 10.2 Å². The lowest BCUT2D eigenvalue weighted by molar-refractivity contribution is 0.194. The molecule has 1 fully saturated rings. The predicted octanol–water partition coefficient (Wildman–Crippen LogP) is 3.82. The van der Waals surface area contributed by atoms with Gasteiger partial charge in [0.2, 0.25) is 0 Å². The van der Waals surface area contributed by atoms with E-state index in [0.29, 0.717) is 19.6 Å². The molecule has 0 aliphatic carbocycles. The highest BCUT2D eigenvalue weighted by Gasteiger charge is 2.21. The zero-order chi connectivity index (χ0) is 17.8. The van der Waals surface area contributed by atoms with Crippen LogP contribution in [0.1, 0.15) is 11.1 Å². The van der Waals surface area contributed by atoms with Gasteiger partial charge < -0.3 is 15.1 Å². The van der Waals surface area contributed by atoms with Crippen LogP contribution in [0.5, 0.6) is 0 Å². The fraction of sp³-hybridized carbons (Fsp3) is 0.316. The van der Waals surface area contributed by atoms with Crippen molar-refractivity contribution in [1.82, 2.24) is 10.2 Å². The number of anilines is 1. The fourth-order valence-corrected chi connectivity index (χ4v) is 3.01. The van der Waals surface area contributed by atoms with Crippen molar-refractivity contribution < 1.29 is 9.18 Å². The molecule has 1 N–H and O–H groups in total. The molecule has 2 amide bonds. The van der Waals surface area contributed by atoms with Gasteiger partial charge in [0.25, 0.3) is 0 Å². The molecule has 1 saturated heterocycles. The summed E-state index contributed by atoms with van der Waals surface area (Å²) in [5.74, 6) is -0.276. The number of urea groups is 1. The molecule has 0 bridgehead atoms. The molecule has 0 unspecified atom stereocenters. The maximum atomic E-state index is 12.9. The molecule has 2 aromatic carbocycles. The van der Waals surface area contributed by atoms with E-state index in [1.165, 1.54) is 12.1 Å². The van der Waals surface area contributed by atoms with Crippen molar-refractivity contribution in [3.8, 4) is 0 Å². The first kappa shape index (κ1) is 17.5. The van der Waals surface area contributed by atoms with Gasteiger partial charge in [0.15, 0.2) is 0 Å². The lowest BCUT2D eigenvalue weighted by atomic mass is 10.2. The van der Waals surface area contributed by atoms with E-state index in [1.807, 2.05) is 19.1 Å². The Morgan fingerprint density at radius 3 is 2.44 bits per heavy atom. The Hall–Kier alpha value is -2.27. The van der Waals surface area contributed by atoms with Crippen LogP contribution in [-0.2, 0) is 6.54 Å². The molecule has 3 rings (SSSR count). The Morgan fingerprint density at radius 1 is 1.12 bits per heavy atom. The maximum Gasteiger partial charge on any atom is 0.317 e. The number of hydrogen-bond acceptors (Lipinski definition) is 2. The Bertz CT molecular complexity index is 743. The molecule has 0 saturated carbocycles. The van der Waals surface area contributed by atoms with E-state index in [9.17, 15) is 9.18 Å². The Morgan fingerprint density at radius 2 is 1.80 bits per heavy atom. The van der Waals surface area contributed by atoms with E-state index in [2.05, 4.69) is 16.3 Å². The van der Waals surface area contributed by atoms with E-state index < -0.39 is 0 Å². The van der Waals surface area contributed by atoms with Gasteiger partial charge in [-0.05, 0) is 42.3 Å². The summed E-state index contributed by atoms with van der Waals surface area (Å²) in [6.07, 6.45) is 0. The van der Waals surface area contributed by atoms with Gasteiger partial charge in [-0.3, -0.25) is 0 Å². The third kappa shape index (κ3) is 4.42. The highest BCUT2D eigenvalue weighted by Crippen LogP contribution is 2.24. The van der Waals surface area contributed by atoms with Gasteiger partial charge in [0.05, 0.1) is 0 Å². The smallest absolute Gasteiger partial charge is 0.317 e. The molecular weight excluding hydrogens is 341 g/mol. The van der Waals surface area contributed by atoms with E-state index in [4.69, 9.17) is 11.6 Å². The summed E-state index contributed by atoms with van der Waals surface area (Å²) in [6, 6.07) is 12.1. The van der Waals surface area contributed by atoms with Crippen LogP contribution in [0.25, 0.3) is 0 Å². The van der Waals surface area contributed by atoms with Crippen molar-refractivity contribution >= 4 is 23.3 Å². The van der Waals surface area contributed by atoms with Gasteiger partial charge in [-0.25, -0.2) is 9.18 Å². The number of nitrogens with one attached hydrogen (secondary N) is 1. The van der Waals surface area contributed by atoms with E-state index >= 15 is 0 Å². The van der Waals surface area contributed by atoms with Crippen molar-refractivity contribution in [2.45, 2.75) is 13.5 Å². The van der Waals surface area contributed by atoms with Crippen LogP contribution in [0, 0.1) is 12.7 Å². The van der Waals surface area contributed by atoms with Gasteiger partial charge in [0.1, 0.15) is 5.82 Å². The topological polar surface area (TPSA) is 35.6 Å². The number of carbonyl (C=O) groups excluding carboxylic acids is 1. The number of halogens is 2. The number of amides is 2. The average molecular weight is 362 g/mol. The molecule has 0 radical (unpaired) electrons. The lowest BCUT2D eigenvalue weighted by Gasteiger charge is -2.36. The molecule has 1 aliphatic heterocycles. The summed E-state index contributed by atoms with van der Waals surface area (Å²) in [6.45, 7) is 5.22. The first-order valence-electron chi connectivity index (χ1n) is 8.31. The van der Waals surface area contributed by atoms with Gasteiger partial charge in [-0.15, -0.1) is 0 Å². The van der Waals surface area contributed by atoms with Crippen LogP contribution in [0.15, 0.2) is 42.5 Å². The van der Waals surface area contributed by atoms with Gasteiger partial charge in [0, 0.05) is 43.4 Å². The first-order valence-corrected chi connectivity index (χ1v) is 8.69. The van der Waals surface area contributed by atoms with Crippen LogP contribution in [0.4, 0.5) is 14.9 Å². The maximum absolute atomic E-state index is 12.9. The summed E-state index contributed by atoms with van der Waals surface area (Å²) in [4.78, 5) is 16.3. The number of aryl methyl sites for hydroxylation is 1. The Labute approximate surface area is 152 Å². The highest BCUT2D eigenvalue weighted by atomic mass is 35.5. The van der Waals surface area contributed by atoms with Crippen LogP contribution >= 0.6 is 11.6 Å². The standard InChI is InChI=1S/C19H21ClFN3O/c1-14-2-7-17(12-18(14)20)23-8-10-24(11-9-23)19(25)22-13-15-3-5-16(21)6-4-15/h2-7,12H,8-11,13H2,1H3,(H,22,25). The molecule has 1 aliphatic rings. The number of hydrogen-bond donors (Lipinski definition) is 1. The van der Waals surface area contributed by atoms with E-state index in [1.54, 1.807) is 17.0 Å². The zero-order valence-corrected chi connectivity index (χ0v) is 14.9. The second-order valence-corrected chi connectivity index (χ2v) is 6.60. The monoisotopic (exact) mass is 361 g/mol. The molecule has 0 spiro atoms. The minimum atomic E-state index is -0.276. The van der Waals surface area contributed by atoms with Crippen LogP contribution in [-0.4, -0.2) is 37.1 Å². The van der Waals surface area contributed by atoms with E-state index in [-0.39, 0.29) is 11.8 Å². The van der Waals surface area contributed by atoms with Crippen LogP contribution in [0.2, 0.25) is 5.02 Å². The summed E-state index contributed by atoms with van der Waals surface area (Å²) in [7, 11) is 0. The summed E-state index contributed by atoms with van der Waals surface area (Å²) >= 11 is 6.20. The lowest BCUT2D eigenvalue weighted by Crippen LogP contribution is -2.51. The molecule has 0 atom stereocenters. The van der Waals surface area contributed by atoms with E-state index in [0.717, 1.165) is 34.9 Å². The number of carbonyl (C=O) groups is 1. The first-order chi connectivity index (χ1) is 12.0. The van der Waals surface area contributed by atoms with Crippen molar-refractivity contribution in [2.24, 2.45) is 0 Å². The van der Waals surface area contributed by atoms with Gasteiger partial charge in [-0.1, -0.05) is 29.8 Å². The minimum absolute atomic E-state index is 0.0917. The summed E-state index contributed by atoms with van der Waals surface area (Å²) in [5, 5.41) is 3.65. The zero-order valence-electron chi connectivity index (χ0n) is 14.1. The molecular formula is C19H21ClFN3O. The number of rotatable bonds is 3. The number of nitrogens with zero attached hydrogens (tertiary/aromatic N) is 2. The van der Waals surface area contributed by atoms with Crippen molar-refractivity contribution in [1.29, 1.82) is 0 Å². The Balaban J connectivity index is 1.50. The normalized spacial score (nSPS) is 14.5. The number of benzene rings is 2. The summed E-state index contributed by atoms with van der Waals surface area (Å²) < 4.78 is 12.9. The van der Waals surface area contributed by atoms with Crippen molar-refractivity contribution in [3.63, 3.8) is 0 Å². The molecule has 4 nitrogen and oxygen atoms in total. The molecule has 25 heavy (non-hydrogen) atoms. The van der Waals surface area contributed by atoms with Crippen molar-refractivity contribution in [3.05, 3.63) is 64.4 Å². The minimum Gasteiger partial charge on any atom is -0.368 e. The molecule has 132 valence electrons. The largest absolute Gasteiger partial charge is 0.368 e. The second-order valence-electron chi connectivity index (χ2n) is 6.19. The fourth-order valence-electron chi connectivity index (χ4n) is 2.84. The van der Waals surface area contributed by atoms with Crippen molar-refractivity contribution in [2.75, 3.05) is 31.1 Å².